The Balaban J connectivity index is 1.21. The van der Waals surface area contributed by atoms with Crippen LogP contribution in [0.3, 0.4) is 0 Å². The molecule has 0 radical (unpaired) electrons. The molecule has 3 nitrogen and oxygen atoms in total. The van der Waals surface area contributed by atoms with E-state index in [1.807, 2.05) is 22.7 Å². The van der Waals surface area contributed by atoms with Gasteiger partial charge in [0.1, 0.15) is 11.2 Å². The normalized spacial score (nSPS) is 16.4. The average Bonchev–Trinajstić information content (AvgIpc) is 4.06. The summed E-state index contributed by atoms with van der Waals surface area (Å²) in [6.07, 6.45) is 2.34. The van der Waals surface area contributed by atoms with Crippen molar-refractivity contribution in [1.82, 2.24) is 4.57 Å². The molecule has 14 rings (SSSR count). The Hall–Kier alpha value is -5.82. The van der Waals surface area contributed by atoms with Crippen LogP contribution in [0.25, 0.3) is 90.8 Å². The van der Waals surface area contributed by atoms with Crippen LogP contribution in [0.15, 0.2) is 114 Å². The number of rotatable bonds is 1. The van der Waals surface area contributed by atoms with Crippen molar-refractivity contribution in [1.29, 1.82) is 0 Å². The molecule has 0 fully saturated rings. The van der Waals surface area contributed by atoms with Gasteiger partial charge in [-0.3, -0.25) is 0 Å². The van der Waals surface area contributed by atoms with E-state index in [4.69, 9.17) is 4.42 Å². The van der Waals surface area contributed by atoms with Gasteiger partial charge in [0.2, 0.25) is 0 Å². The molecule has 348 valence electrons. The van der Waals surface area contributed by atoms with Gasteiger partial charge in [-0.1, -0.05) is 132 Å². The van der Waals surface area contributed by atoms with Crippen LogP contribution in [0, 0.1) is 0 Å². The van der Waals surface area contributed by atoms with Gasteiger partial charge in [0, 0.05) is 79.6 Å². The maximum atomic E-state index is 7.19. The summed E-state index contributed by atoms with van der Waals surface area (Å²) in [6, 6.07) is 43.4. The number of anilines is 2. The van der Waals surface area contributed by atoms with Crippen molar-refractivity contribution in [2.45, 2.75) is 130 Å². The van der Waals surface area contributed by atoms with Gasteiger partial charge in [-0.05, 0) is 139 Å². The number of thiophene rings is 2. The van der Waals surface area contributed by atoms with E-state index in [1.54, 1.807) is 0 Å². The second-order valence-corrected chi connectivity index (χ2v) is 27.7. The summed E-state index contributed by atoms with van der Waals surface area (Å²) >= 11 is 3.97. The molecule has 4 aromatic heterocycles. The molecular weight excluding hydrogens is 888 g/mol. The Morgan fingerprint density at radius 2 is 1.16 bits per heavy atom. The fourth-order valence-electron chi connectivity index (χ4n) is 12.9. The minimum Gasteiger partial charge on any atom is -0.456 e. The molecule has 0 spiro atoms. The minimum atomic E-state index is -0.103. The van der Waals surface area contributed by atoms with E-state index >= 15 is 0 Å². The van der Waals surface area contributed by atoms with Gasteiger partial charge in [-0.15, -0.1) is 22.7 Å². The summed E-state index contributed by atoms with van der Waals surface area (Å²) < 4.78 is 15.4. The highest BCUT2D eigenvalue weighted by atomic mass is 32.1. The summed E-state index contributed by atoms with van der Waals surface area (Å²) in [7, 11) is 0. The fraction of sp³-hybridized carbons (Fsp3) is 0.312. The fourth-order valence-corrected chi connectivity index (χ4v) is 15.5. The molecule has 0 N–H and O–H groups in total. The van der Waals surface area contributed by atoms with E-state index in [0.717, 1.165) is 11.2 Å². The smallest absolute Gasteiger partial charge is 0.343 e. The number of nitrogens with zero attached hydrogens (tertiary/aromatic N) is 2. The van der Waals surface area contributed by atoms with Gasteiger partial charge in [0.05, 0.1) is 16.7 Å². The third kappa shape index (κ3) is 5.69. The molecule has 6 heteroatoms. The van der Waals surface area contributed by atoms with Crippen molar-refractivity contribution in [3.63, 3.8) is 0 Å². The Morgan fingerprint density at radius 3 is 1.86 bits per heavy atom. The first-order chi connectivity index (χ1) is 33.1. The predicted octanol–water partition coefficient (Wildman–Crippen LogP) is 17.7. The number of aromatic nitrogens is 1. The lowest BCUT2D eigenvalue weighted by Crippen LogP contribution is -2.59. The van der Waals surface area contributed by atoms with Gasteiger partial charge in [0.15, 0.2) is 0 Å². The van der Waals surface area contributed by atoms with Crippen molar-refractivity contribution < 1.29 is 4.42 Å². The first-order valence-electron chi connectivity index (χ1n) is 25.6. The molecule has 0 unspecified atom stereocenters. The Kier molecular flexibility index (Phi) is 8.34. The van der Waals surface area contributed by atoms with Gasteiger partial charge in [-0.25, -0.2) is 0 Å². The highest BCUT2D eigenvalue weighted by Gasteiger charge is 2.48. The summed E-state index contributed by atoms with van der Waals surface area (Å²) in [6.45, 7) is 30.7. The quantitative estimate of drug-likeness (QED) is 0.153. The van der Waals surface area contributed by atoms with Gasteiger partial charge in [0.25, 0.3) is 0 Å². The van der Waals surface area contributed by atoms with Crippen LogP contribution in [-0.4, -0.2) is 11.4 Å². The van der Waals surface area contributed by atoms with Gasteiger partial charge < -0.3 is 13.8 Å². The first-order valence-corrected chi connectivity index (χ1v) is 27.2. The second kappa shape index (κ2) is 13.6. The molecule has 1 aliphatic carbocycles. The Morgan fingerprint density at radius 1 is 0.557 bits per heavy atom. The third-order valence-corrected chi connectivity index (χ3v) is 19.5. The summed E-state index contributed by atoms with van der Waals surface area (Å²) in [5.74, 6) is 0. The molecule has 6 heterocycles. The first kappa shape index (κ1) is 43.0. The van der Waals surface area contributed by atoms with Crippen LogP contribution >= 0.6 is 22.7 Å². The zero-order valence-corrected chi connectivity index (χ0v) is 44.6. The molecule has 11 aromatic rings. The Labute approximate surface area is 420 Å². The number of hydrogen-bond donors (Lipinski definition) is 0. The van der Waals surface area contributed by atoms with Gasteiger partial charge >= 0.3 is 6.85 Å². The number of benzene rings is 7. The van der Waals surface area contributed by atoms with Crippen molar-refractivity contribution in [2.75, 3.05) is 4.81 Å². The van der Waals surface area contributed by atoms with Crippen LogP contribution in [-0.2, 0) is 27.1 Å². The molecule has 0 amide bonds. The number of furan rings is 1. The largest absolute Gasteiger partial charge is 0.456 e. The second-order valence-electron chi connectivity index (χ2n) is 25.6. The van der Waals surface area contributed by atoms with Crippen LogP contribution < -0.4 is 15.1 Å². The van der Waals surface area contributed by atoms with Gasteiger partial charge in [-0.2, -0.15) is 0 Å². The Bertz CT molecular complexity index is 4130. The lowest BCUT2D eigenvalue weighted by atomic mass is 9.47. The zero-order chi connectivity index (χ0) is 48.5. The molecule has 0 bridgehead atoms. The summed E-state index contributed by atoms with van der Waals surface area (Å²) in [4.78, 5) is 2.72. The van der Waals surface area contributed by atoms with Crippen LogP contribution in [0.4, 0.5) is 11.4 Å². The highest BCUT2D eigenvalue weighted by molar-refractivity contribution is 7.32. The summed E-state index contributed by atoms with van der Waals surface area (Å²) in [5, 5.41) is 9.20. The van der Waals surface area contributed by atoms with E-state index in [-0.39, 0.29) is 33.9 Å². The van der Waals surface area contributed by atoms with E-state index in [0.29, 0.717) is 0 Å². The molecule has 0 saturated carbocycles. The molecular formula is C64H61BN2OS2. The molecule has 7 aromatic carbocycles. The lowest BCUT2D eigenvalue weighted by molar-refractivity contribution is 0.332. The van der Waals surface area contributed by atoms with Crippen LogP contribution in [0.5, 0.6) is 0 Å². The lowest BCUT2D eigenvalue weighted by Gasteiger charge is -2.41. The zero-order valence-electron chi connectivity index (χ0n) is 43.0. The summed E-state index contributed by atoms with van der Waals surface area (Å²) in [5.41, 5.74) is 19.5. The van der Waals surface area contributed by atoms with E-state index in [9.17, 15) is 0 Å². The highest BCUT2D eigenvalue weighted by Crippen LogP contribution is 2.56. The topological polar surface area (TPSA) is 21.3 Å². The van der Waals surface area contributed by atoms with E-state index < -0.39 is 0 Å². The number of fused-ring (bicyclic) bond motifs is 19. The SMILES string of the molecule is CC(C)(C)c1ccc(N2B3c4sc5ccc(C(C)(C)C)cc5c4-n4c5ccc(C(C)(C)C)cc5c5c6sc7ccccc7c6c(c3c54)-c3cc4c(cc32)oc2cc3c(cc24)C(C)(C)CCC3(C)C)cc1. The molecule has 70 heavy (non-hydrogen) atoms. The van der Waals surface area contributed by atoms with Crippen LogP contribution in [0.2, 0.25) is 0 Å². The average molecular weight is 949 g/mol. The van der Waals surface area contributed by atoms with Crippen molar-refractivity contribution in [3.05, 3.63) is 137 Å². The standard InChI is InChI=1S/C64H61BN2OS2/c1-60(2,3)34-18-22-37(23-19-34)67-47-33-49-39(40-31-44-45(32-48(40)68-49)64(12,13)27-26-63(44,10)11)30-42(47)52-53-38-16-14-15-17-50(38)69-58(53)54-41-28-35(61(4,5)6)20-24-46(41)66-56-43-29-36(62(7,8)9)21-25-51(43)70-59(56)65(67)55(52)57(54)66/h14-25,28-33H,26-27H2,1-13H3. The third-order valence-electron chi connectivity index (χ3n) is 17.1. The molecule has 0 atom stereocenters. The van der Waals surface area contributed by atoms with E-state index in [2.05, 4.69) is 209 Å². The minimum absolute atomic E-state index is 0.00493. The maximum Gasteiger partial charge on any atom is 0.343 e. The molecule has 0 saturated heterocycles. The van der Waals surface area contributed by atoms with E-state index in [1.165, 1.54) is 142 Å². The van der Waals surface area contributed by atoms with Crippen molar-refractivity contribution >= 4 is 125 Å². The molecule has 3 aliphatic rings. The van der Waals surface area contributed by atoms with Crippen molar-refractivity contribution in [3.8, 4) is 16.8 Å². The van der Waals surface area contributed by atoms with Crippen molar-refractivity contribution in [2.24, 2.45) is 0 Å². The predicted molar refractivity (Wildman–Crippen MR) is 307 cm³/mol. The number of hydrogen-bond acceptors (Lipinski definition) is 4. The monoisotopic (exact) mass is 948 g/mol. The molecule has 2 aliphatic heterocycles. The maximum absolute atomic E-state index is 7.19. The van der Waals surface area contributed by atoms with Crippen LogP contribution in [0.1, 0.15) is 131 Å².